The van der Waals surface area contributed by atoms with Crippen molar-refractivity contribution in [1.29, 1.82) is 0 Å². The zero-order chi connectivity index (χ0) is 17.0. The number of rotatable bonds is 5. The number of benzene rings is 1. The SMILES string of the molecule is COc1cc(C(=O)NC2(C(=O)O)CCOCC2)cc(OC)c1C. The van der Waals surface area contributed by atoms with Gasteiger partial charge >= 0.3 is 5.97 Å². The Morgan fingerprint density at radius 1 is 1.17 bits per heavy atom. The molecule has 0 bridgehead atoms. The lowest BCUT2D eigenvalue weighted by Gasteiger charge is -2.33. The maximum Gasteiger partial charge on any atom is 0.329 e. The first-order chi connectivity index (χ1) is 10.9. The molecule has 7 nitrogen and oxygen atoms in total. The number of hydrogen-bond donors (Lipinski definition) is 2. The second-order valence-electron chi connectivity index (χ2n) is 5.46. The van der Waals surface area contributed by atoms with Gasteiger partial charge in [0.2, 0.25) is 0 Å². The van der Waals surface area contributed by atoms with Gasteiger partial charge in [0.15, 0.2) is 0 Å². The molecule has 0 spiro atoms. The molecule has 1 aliphatic rings. The van der Waals surface area contributed by atoms with Gasteiger partial charge in [0.25, 0.3) is 5.91 Å². The number of nitrogens with one attached hydrogen (secondary N) is 1. The summed E-state index contributed by atoms with van der Waals surface area (Å²) in [5.41, 5.74) is -0.247. The summed E-state index contributed by atoms with van der Waals surface area (Å²) in [4.78, 5) is 24.2. The lowest BCUT2D eigenvalue weighted by Crippen LogP contribution is -2.57. The summed E-state index contributed by atoms with van der Waals surface area (Å²) in [7, 11) is 3.00. The van der Waals surface area contributed by atoms with Crippen molar-refractivity contribution in [2.24, 2.45) is 0 Å². The van der Waals surface area contributed by atoms with Crippen molar-refractivity contribution in [3.05, 3.63) is 23.3 Å². The van der Waals surface area contributed by atoms with Crippen LogP contribution in [0.5, 0.6) is 11.5 Å². The third-order valence-electron chi connectivity index (χ3n) is 4.12. The van der Waals surface area contributed by atoms with Crippen LogP contribution in [0.4, 0.5) is 0 Å². The number of carboxylic acid groups (broad SMARTS) is 1. The number of methoxy groups -OCH3 is 2. The third kappa shape index (κ3) is 3.39. The van der Waals surface area contributed by atoms with Crippen molar-refractivity contribution in [3.63, 3.8) is 0 Å². The van der Waals surface area contributed by atoms with Crippen LogP contribution in [0.3, 0.4) is 0 Å². The van der Waals surface area contributed by atoms with E-state index in [4.69, 9.17) is 14.2 Å². The van der Waals surface area contributed by atoms with Gasteiger partial charge in [-0.1, -0.05) is 0 Å². The first-order valence-corrected chi connectivity index (χ1v) is 7.30. The van der Waals surface area contributed by atoms with Gasteiger partial charge in [-0.05, 0) is 19.1 Å². The first-order valence-electron chi connectivity index (χ1n) is 7.30. The summed E-state index contributed by atoms with van der Waals surface area (Å²) in [5.74, 6) is -0.525. The van der Waals surface area contributed by atoms with Crippen LogP contribution in [0, 0.1) is 6.92 Å². The molecule has 126 valence electrons. The van der Waals surface area contributed by atoms with E-state index in [0.717, 1.165) is 5.56 Å². The number of carboxylic acids is 1. The molecule has 2 rings (SSSR count). The van der Waals surface area contributed by atoms with Crippen molar-refractivity contribution in [3.8, 4) is 11.5 Å². The highest BCUT2D eigenvalue weighted by molar-refractivity contribution is 5.98. The first kappa shape index (κ1) is 17.1. The minimum atomic E-state index is -1.30. The molecule has 0 unspecified atom stereocenters. The number of carbonyl (C=O) groups is 2. The Morgan fingerprint density at radius 2 is 1.70 bits per heavy atom. The predicted octanol–water partition coefficient (Wildman–Crippen LogP) is 1.38. The average molecular weight is 323 g/mol. The quantitative estimate of drug-likeness (QED) is 0.850. The van der Waals surface area contributed by atoms with Gasteiger partial charge in [-0.25, -0.2) is 4.79 Å². The molecule has 0 atom stereocenters. The van der Waals surface area contributed by atoms with Crippen molar-refractivity contribution < 1.29 is 28.9 Å². The van der Waals surface area contributed by atoms with Gasteiger partial charge < -0.3 is 24.6 Å². The van der Waals surface area contributed by atoms with Crippen LogP contribution >= 0.6 is 0 Å². The number of hydrogen-bond acceptors (Lipinski definition) is 5. The monoisotopic (exact) mass is 323 g/mol. The van der Waals surface area contributed by atoms with Gasteiger partial charge in [-0.15, -0.1) is 0 Å². The Bertz CT molecular complexity index is 582. The highest BCUT2D eigenvalue weighted by atomic mass is 16.5. The fourth-order valence-corrected chi connectivity index (χ4v) is 2.62. The molecule has 1 amide bonds. The molecule has 0 radical (unpaired) electrons. The van der Waals surface area contributed by atoms with Gasteiger partial charge in [0.1, 0.15) is 17.0 Å². The van der Waals surface area contributed by atoms with Crippen LogP contribution in [0.25, 0.3) is 0 Å². The Kier molecular flexibility index (Phi) is 5.10. The molecule has 0 aromatic heterocycles. The largest absolute Gasteiger partial charge is 0.496 e. The number of aliphatic carboxylic acids is 1. The van der Waals surface area contributed by atoms with Crippen LogP contribution < -0.4 is 14.8 Å². The molecule has 2 N–H and O–H groups in total. The fraction of sp³-hybridized carbons (Fsp3) is 0.500. The Morgan fingerprint density at radius 3 is 2.13 bits per heavy atom. The van der Waals surface area contributed by atoms with E-state index < -0.39 is 17.4 Å². The van der Waals surface area contributed by atoms with Crippen LogP contribution in [-0.4, -0.2) is 50.0 Å². The third-order valence-corrected chi connectivity index (χ3v) is 4.12. The van der Waals surface area contributed by atoms with E-state index in [9.17, 15) is 14.7 Å². The molecule has 0 saturated carbocycles. The molecule has 0 aliphatic carbocycles. The standard InChI is InChI=1S/C16H21NO6/c1-10-12(21-2)8-11(9-13(10)22-3)14(18)17-16(15(19)20)4-6-23-7-5-16/h8-9H,4-7H2,1-3H3,(H,17,18)(H,19,20). The number of ether oxygens (including phenoxy) is 3. The van der Waals surface area contributed by atoms with Gasteiger partial charge in [-0.2, -0.15) is 0 Å². The van der Waals surface area contributed by atoms with E-state index in [1.807, 2.05) is 6.92 Å². The van der Waals surface area contributed by atoms with E-state index in [1.54, 1.807) is 12.1 Å². The zero-order valence-electron chi connectivity index (χ0n) is 13.5. The maximum absolute atomic E-state index is 12.5. The summed E-state index contributed by atoms with van der Waals surface area (Å²) >= 11 is 0. The molecule has 23 heavy (non-hydrogen) atoms. The second kappa shape index (κ2) is 6.87. The molecule has 7 heteroatoms. The van der Waals surface area contributed by atoms with Crippen molar-refractivity contribution >= 4 is 11.9 Å². The summed E-state index contributed by atoms with van der Waals surface area (Å²) < 4.78 is 15.7. The van der Waals surface area contributed by atoms with Gasteiger partial charge in [0.05, 0.1) is 14.2 Å². The Balaban J connectivity index is 2.31. The highest BCUT2D eigenvalue weighted by Crippen LogP contribution is 2.30. The van der Waals surface area contributed by atoms with E-state index >= 15 is 0 Å². The van der Waals surface area contributed by atoms with Gasteiger partial charge in [-0.3, -0.25) is 4.79 Å². The smallest absolute Gasteiger partial charge is 0.329 e. The summed E-state index contributed by atoms with van der Waals surface area (Å²) in [5, 5.41) is 12.2. The lowest BCUT2D eigenvalue weighted by molar-refractivity contribution is -0.148. The molecule has 1 aromatic rings. The molecule has 1 aliphatic heterocycles. The summed E-state index contributed by atoms with van der Waals surface area (Å²) in [6.07, 6.45) is 0.461. The van der Waals surface area contributed by atoms with Crippen molar-refractivity contribution in [2.45, 2.75) is 25.3 Å². The molecular weight excluding hydrogens is 302 g/mol. The van der Waals surface area contributed by atoms with E-state index in [2.05, 4.69) is 5.32 Å². The molecular formula is C16H21NO6. The lowest BCUT2D eigenvalue weighted by atomic mass is 9.89. The number of amides is 1. The zero-order valence-corrected chi connectivity index (χ0v) is 13.5. The molecule has 1 saturated heterocycles. The summed E-state index contributed by atoms with van der Waals surface area (Å²) in [6.45, 7) is 2.41. The second-order valence-corrected chi connectivity index (χ2v) is 5.46. The molecule has 1 fully saturated rings. The molecule has 1 heterocycles. The average Bonchev–Trinajstić information content (AvgIpc) is 2.55. The fourth-order valence-electron chi connectivity index (χ4n) is 2.62. The van der Waals surface area contributed by atoms with Crippen LogP contribution in [-0.2, 0) is 9.53 Å². The van der Waals surface area contributed by atoms with E-state index in [0.29, 0.717) is 24.7 Å². The van der Waals surface area contributed by atoms with Crippen molar-refractivity contribution in [2.75, 3.05) is 27.4 Å². The van der Waals surface area contributed by atoms with Crippen molar-refractivity contribution in [1.82, 2.24) is 5.32 Å². The van der Waals surface area contributed by atoms with Crippen LogP contribution in [0.2, 0.25) is 0 Å². The van der Waals surface area contributed by atoms with Gasteiger partial charge in [0, 0.05) is 37.2 Å². The normalized spacial score (nSPS) is 16.5. The Hall–Kier alpha value is -2.28. The van der Waals surface area contributed by atoms with Crippen LogP contribution in [0.1, 0.15) is 28.8 Å². The maximum atomic E-state index is 12.5. The Labute approximate surface area is 134 Å². The minimum Gasteiger partial charge on any atom is -0.496 e. The predicted molar refractivity (Wildman–Crippen MR) is 82.2 cm³/mol. The number of carbonyl (C=O) groups excluding carboxylic acids is 1. The highest BCUT2D eigenvalue weighted by Gasteiger charge is 2.41. The molecule has 1 aromatic carbocycles. The topological polar surface area (TPSA) is 94.1 Å². The minimum absolute atomic E-state index is 0.230. The van der Waals surface area contributed by atoms with E-state index in [1.165, 1.54) is 14.2 Å². The summed E-state index contributed by atoms with van der Waals surface area (Å²) in [6, 6.07) is 3.14. The van der Waals surface area contributed by atoms with E-state index in [-0.39, 0.29) is 18.4 Å². The van der Waals surface area contributed by atoms with Crippen LogP contribution in [0.15, 0.2) is 12.1 Å².